The van der Waals surface area contributed by atoms with E-state index in [1.54, 1.807) is 18.2 Å². The van der Waals surface area contributed by atoms with Crippen LogP contribution in [-0.2, 0) is 4.79 Å². The van der Waals surface area contributed by atoms with E-state index in [1.807, 2.05) is 18.2 Å². The van der Waals surface area contributed by atoms with E-state index in [0.29, 0.717) is 11.5 Å². The van der Waals surface area contributed by atoms with Crippen molar-refractivity contribution >= 4 is 23.4 Å². The quantitative estimate of drug-likeness (QED) is 0.671. The Morgan fingerprint density at radius 3 is 2.78 bits per heavy atom. The van der Waals surface area contributed by atoms with Gasteiger partial charge in [0.1, 0.15) is 12.4 Å². The number of amides is 1. The van der Waals surface area contributed by atoms with E-state index in [-0.39, 0.29) is 35.1 Å². The Hall–Kier alpha value is -3.07. The Balaban J connectivity index is 1.34. The molecule has 1 N–H and O–H groups in total. The van der Waals surface area contributed by atoms with E-state index in [0.717, 1.165) is 11.8 Å². The molecule has 1 atom stereocenters. The summed E-state index contributed by atoms with van der Waals surface area (Å²) in [6.07, 6.45) is -0.519. The molecule has 0 bridgehead atoms. The van der Waals surface area contributed by atoms with E-state index >= 15 is 0 Å². The second-order valence-corrected chi connectivity index (χ2v) is 6.51. The van der Waals surface area contributed by atoms with E-state index in [9.17, 15) is 9.18 Å². The van der Waals surface area contributed by atoms with Crippen LogP contribution >= 0.6 is 11.8 Å². The molecule has 27 heavy (non-hydrogen) atoms. The zero-order valence-electron chi connectivity index (χ0n) is 13.9. The van der Waals surface area contributed by atoms with Gasteiger partial charge in [-0.05, 0) is 24.3 Å². The Labute approximate surface area is 157 Å². The van der Waals surface area contributed by atoms with Crippen molar-refractivity contribution < 1.29 is 23.1 Å². The van der Waals surface area contributed by atoms with E-state index in [1.165, 1.54) is 12.1 Å². The third-order valence-electron chi connectivity index (χ3n) is 3.68. The van der Waals surface area contributed by atoms with Gasteiger partial charge in [0, 0.05) is 0 Å². The second-order valence-electron chi connectivity index (χ2n) is 5.59. The molecule has 7 nitrogen and oxygen atoms in total. The summed E-state index contributed by atoms with van der Waals surface area (Å²) in [7, 11) is 0. The molecule has 0 saturated carbocycles. The number of ether oxygens (including phenoxy) is 2. The van der Waals surface area contributed by atoms with Gasteiger partial charge in [0.05, 0.1) is 11.4 Å². The molecule has 0 aliphatic carbocycles. The van der Waals surface area contributed by atoms with E-state index in [2.05, 4.69) is 15.5 Å². The number of rotatable bonds is 5. The fourth-order valence-corrected chi connectivity index (χ4v) is 3.00. The first-order chi connectivity index (χ1) is 13.2. The molecule has 9 heteroatoms. The molecule has 1 amide bonds. The molecular formula is C18H14FN3O4S. The summed E-state index contributed by atoms with van der Waals surface area (Å²) in [5, 5.41) is 10.6. The molecule has 2 aromatic carbocycles. The minimum absolute atomic E-state index is 0.000818. The summed E-state index contributed by atoms with van der Waals surface area (Å²) < 4.78 is 30.5. The number of hydrogen-bond donors (Lipinski definition) is 1. The van der Waals surface area contributed by atoms with Crippen LogP contribution in [-0.4, -0.2) is 28.5 Å². The maximum atomic E-state index is 13.5. The van der Waals surface area contributed by atoms with Gasteiger partial charge in [-0.25, -0.2) is 4.39 Å². The minimum Gasteiger partial charge on any atom is -0.485 e. The van der Waals surface area contributed by atoms with Crippen molar-refractivity contribution in [2.75, 3.05) is 17.7 Å². The summed E-state index contributed by atoms with van der Waals surface area (Å²) >= 11 is 1.05. The second kappa shape index (κ2) is 7.67. The van der Waals surface area contributed by atoms with E-state index in [4.69, 9.17) is 13.9 Å². The number of nitrogens with zero attached hydrogens (tertiary/aromatic N) is 2. The number of anilines is 1. The lowest BCUT2D eigenvalue weighted by Gasteiger charge is -2.23. The van der Waals surface area contributed by atoms with Crippen LogP contribution in [0, 0.1) is 5.82 Å². The Kier molecular flexibility index (Phi) is 4.93. The number of nitrogens with one attached hydrogen (secondary N) is 1. The van der Waals surface area contributed by atoms with Crippen molar-refractivity contribution in [1.29, 1.82) is 0 Å². The number of para-hydroxylation sites is 3. The van der Waals surface area contributed by atoms with Gasteiger partial charge in [-0.2, -0.15) is 0 Å². The molecule has 1 aliphatic heterocycles. The maximum Gasteiger partial charge on any atom is 0.277 e. The largest absolute Gasteiger partial charge is 0.485 e. The molecule has 2 heterocycles. The molecule has 1 aromatic heterocycles. The normalized spacial score (nSPS) is 15.4. The lowest BCUT2D eigenvalue weighted by atomic mass is 10.2. The topological polar surface area (TPSA) is 86.5 Å². The van der Waals surface area contributed by atoms with Crippen molar-refractivity contribution in [1.82, 2.24) is 10.2 Å². The van der Waals surface area contributed by atoms with Crippen LogP contribution in [0.4, 0.5) is 10.1 Å². The lowest BCUT2D eigenvalue weighted by Crippen LogP contribution is -2.21. The predicted molar refractivity (Wildman–Crippen MR) is 95.4 cm³/mol. The molecule has 0 radical (unpaired) electrons. The van der Waals surface area contributed by atoms with E-state index < -0.39 is 11.9 Å². The highest BCUT2D eigenvalue weighted by Crippen LogP contribution is 2.35. The van der Waals surface area contributed by atoms with Crippen LogP contribution < -0.4 is 14.8 Å². The highest BCUT2D eigenvalue weighted by atomic mass is 32.2. The Morgan fingerprint density at radius 2 is 1.93 bits per heavy atom. The lowest BCUT2D eigenvalue weighted by molar-refractivity contribution is -0.113. The summed E-state index contributed by atoms with van der Waals surface area (Å²) in [5.74, 6) is 0.655. The molecule has 0 saturated heterocycles. The first-order valence-corrected chi connectivity index (χ1v) is 9.06. The smallest absolute Gasteiger partial charge is 0.277 e. The average molecular weight is 387 g/mol. The van der Waals surface area contributed by atoms with Gasteiger partial charge in [0.2, 0.25) is 12.0 Å². The van der Waals surface area contributed by atoms with Crippen LogP contribution in [0.1, 0.15) is 12.0 Å². The SMILES string of the molecule is O=C(CSc1nnc([C@H]2COc3ccccc3O2)o1)Nc1ccccc1F. The zero-order chi connectivity index (χ0) is 18.6. The van der Waals surface area contributed by atoms with Crippen molar-refractivity contribution in [3.63, 3.8) is 0 Å². The number of carbonyl (C=O) groups excluding carboxylic acids is 1. The number of thioether (sulfide) groups is 1. The summed E-state index contributed by atoms with van der Waals surface area (Å²) in [6, 6.07) is 13.3. The number of fused-ring (bicyclic) bond motifs is 1. The molecule has 1 aliphatic rings. The van der Waals surface area contributed by atoms with Gasteiger partial charge >= 0.3 is 0 Å². The number of halogens is 1. The van der Waals surface area contributed by atoms with Gasteiger partial charge in [-0.15, -0.1) is 10.2 Å². The van der Waals surface area contributed by atoms with Gasteiger partial charge < -0.3 is 19.2 Å². The number of aromatic nitrogens is 2. The Morgan fingerprint density at radius 1 is 1.15 bits per heavy atom. The maximum absolute atomic E-state index is 13.5. The molecule has 138 valence electrons. The highest BCUT2D eigenvalue weighted by Gasteiger charge is 2.27. The van der Waals surface area contributed by atoms with Gasteiger partial charge in [0.15, 0.2) is 11.5 Å². The monoisotopic (exact) mass is 387 g/mol. The van der Waals surface area contributed by atoms with Crippen LogP contribution in [0.25, 0.3) is 0 Å². The highest BCUT2D eigenvalue weighted by molar-refractivity contribution is 7.99. The standard InChI is InChI=1S/C18H14FN3O4S/c19-11-5-1-2-6-12(11)20-16(23)10-27-18-22-21-17(26-18)15-9-24-13-7-3-4-8-14(13)25-15/h1-8,15H,9-10H2,(H,20,23)/t15-/m1/s1. The van der Waals surface area contributed by atoms with Crippen LogP contribution in [0.5, 0.6) is 11.5 Å². The van der Waals surface area contributed by atoms with Crippen LogP contribution in [0.3, 0.4) is 0 Å². The van der Waals surface area contributed by atoms with Crippen LogP contribution in [0.2, 0.25) is 0 Å². The number of carbonyl (C=O) groups is 1. The third kappa shape index (κ3) is 4.03. The zero-order valence-corrected chi connectivity index (χ0v) is 14.7. The van der Waals surface area contributed by atoms with Crippen LogP contribution in [0.15, 0.2) is 58.2 Å². The Bertz CT molecular complexity index is 965. The van der Waals surface area contributed by atoms with Gasteiger partial charge in [0.25, 0.3) is 11.1 Å². The fraction of sp³-hybridized carbons (Fsp3) is 0.167. The molecule has 0 unspecified atom stereocenters. The first-order valence-electron chi connectivity index (χ1n) is 8.08. The fourth-order valence-electron chi connectivity index (χ4n) is 2.43. The summed E-state index contributed by atoms with van der Waals surface area (Å²) in [4.78, 5) is 12.0. The van der Waals surface area contributed by atoms with Crippen molar-refractivity contribution in [2.24, 2.45) is 0 Å². The van der Waals surface area contributed by atoms with Crippen molar-refractivity contribution in [3.05, 3.63) is 60.2 Å². The van der Waals surface area contributed by atoms with Crippen molar-refractivity contribution in [2.45, 2.75) is 11.3 Å². The molecule has 4 rings (SSSR count). The molecule has 0 fully saturated rings. The molecule has 3 aromatic rings. The molecular weight excluding hydrogens is 373 g/mol. The summed E-state index contributed by atoms with van der Waals surface area (Å²) in [5.41, 5.74) is 0.126. The third-order valence-corrected chi connectivity index (χ3v) is 4.50. The number of benzene rings is 2. The molecule has 0 spiro atoms. The van der Waals surface area contributed by atoms with Crippen molar-refractivity contribution in [3.8, 4) is 11.5 Å². The first kappa shape index (κ1) is 17.3. The predicted octanol–water partition coefficient (Wildman–Crippen LogP) is 3.45. The number of hydrogen-bond acceptors (Lipinski definition) is 7. The summed E-state index contributed by atoms with van der Waals surface area (Å²) in [6.45, 7) is 0.247. The minimum atomic E-state index is -0.519. The van der Waals surface area contributed by atoms with Gasteiger partial charge in [-0.1, -0.05) is 36.0 Å². The van der Waals surface area contributed by atoms with Gasteiger partial charge in [-0.3, -0.25) is 4.79 Å². The average Bonchev–Trinajstić information content (AvgIpc) is 3.17.